The molecule has 0 radical (unpaired) electrons. The average molecular weight is 338 g/mol. The van der Waals surface area contributed by atoms with Crippen molar-refractivity contribution in [1.29, 1.82) is 0 Å². The first kappa shape index (κ1) is 15.7. The number of aldehydes is 1. The topological polar surface area (TPSA) is 89.3 Å². The summed E-state index contributed by atoms with van der Waals surface area (Å²) in [6.07, 6.45) is -0.468. The zero-order valence-corrected chi connectivity index (χ0v) is 12.1. The minimum atomic E-state index is -4.74. The second-order valence-electron chi connectivity index (χ2n) is 4.78. The van der Waals surface area contributed by atoms with Crippen molar-refractivity contribution in [2.24, 2.45) is 0 Å². The number of hydrogen-bond donors (Lipinski definition) is 1. The van der Waals surface area contributed by atoms with Crippen molar-refractivity contribution in [3.8, 4) is 11.1 Å². The molecule has 1 N–H and O–H groups in total. The molecule has 0 spiro atoms. The van der Waals surface area contributed by atoms with E-state index >= 15 is 0 Å². The molecule has 0 saturated carbocycles. The lowest BCUT2D eigenvalue weighted by Crippen LogP contribution is -2.09. The molecular weight excluding hydrogens is 329 g/mol. The van der Waals surface area contributed by atoms with Crippen molar-refractivity contribution in [2.75, 3.05) is 7.11 Å². The average Bonchev–Trinajstić information content (AvgIpc) is 3.19. The van der Waals surface area contributed by atoms with Crippen LogP contribution >= 0.6 is 0 Å². The van der Waals surface area contributed by atoms with Crippen LogP contribution in [0.25, 0.3) is 16.8 Å². The lowest BCUT2D eigenvalue weighted by Gasteiger charge is -2.10. The third-order valence-corrected chi connectivity index (χ3v) is 3.38. The van der Waals surface area contributed by atoms with Crippen molar-refractivity contribution < 1.29 is 27.5 Å². The normalized spacial score (nSPS) is 11.7. The van der Waals surface area contributed by atoms with Gasteiger partial charge in [0.1, 0.15) is 5.69 Å². The van der Waals surface area contributed by atoms with Gasteiger partial charge in [0.15, 0.2) is 17.6 Å². The van der Waals surface area contributed by atoms with Crippen LogP contribution in [0.3, 0.4) is 0 Å². The van der Waals surface area contributed by atoms with Crippen LogP contribution in [0.15, 0.2) is 24.7 Å². The maximum atomic E-state index is 13.4. The number of pyridine rings is 1. The number of carbonyl (C=O) groups is 2. The number of rotatable bonds is 3. The molecule has 0 aromatic carbocycles. The standard InChI is InChI=1S/C14H9F3N4O3/c1-24-13(23)11-10(6-22)21-5-7(8-3-18-19-4-8)2-9(12(21)20-11)14(15,16)17/h2-6H,1H3,(H,18,19). The number of carbonyl (C=O) groups excluding carboxylic acids is 2. The van der Waals surface area contributed by atoms with E-state index in [2.05, 4.69) is 19.9 Å². The predicted octanol–water partition coefficient (Wildman–Crippen LogP) is 2.34. The smallest absolute Gasteiger partial charge is 0.420 e. The second kappa shape index (κ2) is 5.48. The number of esters is 1. The van der Waals surface area contributed by atoms with E-state index in [-0.39, 0.29) is 17.5 Å². The Kier molecular flexibility index (Phi) is 3.59. The second-order valence-corrected chi connectivity index (χ2v) is 4.78. The number of imidazole rings is 1. The molecule has 0 aliphatic rings. The van der Waals surface area contributed by atoms with Gasteiger partial charge in [0.2, 0.25) is 0 Å². The Morgan fingerprint density at radius 2 is 2.12 bits per heavy atom. The fourth-order valence-electron chi connectivity index (χ4n) is 2.30. The SMILES string of the molecule is COC(=O)c1nc2c(C(F)(F)F)cc(-c3cn[nH]c3)cn2c1C=O. The monoisotopic (exact) mass is 338 g/mol. The maximum absolute atomic E-state index is 13.4. The van der Waals surface area contributed by atoms with Gasteiger partial charge in [-0.05, 0) is 6.07 Å². The van der Waals surface area contributed by atoms with Gasteiger partial charge >= 0.3 is 12.1 Å². The lowest BCUT2D eigenvalue weighted by atomic mass is 10.1. The first-order valence-corrected chi connectivity index (χ1v) is 6.52. The molecule has 0 aliphatic heterocycles. The molecule has 10 heteroatoms. The molecule has 0 amide bonds. The highest BCUT2D eigenvalue weighted by atomic mass is 19.4. The number of halogens is 3. The van der Waals surface area contributed by atoms with Crippen LogP contribution in [0, 0.1) is 0 Å². The zero-order valence-electron chi connectivity index (χ0n) is 12.1. The summed E-state index contributed by atoms with van der Waals surface area (Å²) in [6, 6.07) is 0.878. The first-order valence-electron chi connectivity index (χ1n) is 6.52. The lowest BCUT2D eigenvalue weighted by molar-refractivity contribution is -0.136. The first-order chi connectivity index (χ1) is 11.4. The van der Waals surface area contributed by atoms with E-state index in [9.17, 15) is 22.8 Å². The Morgan fingerprint density at radius 3 is 2.67 bits per heavy atom. The largest absolute Gasteiger partial charge is 0.464 e. The van der Waals surface area contributed by atoms with Gasteiger partial charge in [0.25, 0.3) is 0 Å². The molecule has 7 nitrogen and oxygen atoms in total. The van der Waals surface area contributed by atoms with Crippen LogP contribution in [-0.4, -0.2) is 38.9 Å². The van der Waals surface area contributed by atoms with Crippen LogP contribution in [0.1, 0.15) is 26.5 Å². The molecule has 0 atom stereocenters. The number of H-pyrrole nitrogens is 1. The number of nitrogens with one attached hydrogen (secondary N) is 1. The number of fused-ring (bicyclic) bond motifs is 1. The van der Waals surface area contributed by atoms with Crippen LogP contribution in [-0.2, 0) is 10.9 Å². The summed E-state index contributed by atoms with van der Waals surface area (Å²) in [6.45, 7) is 0. The molecule has 0 aliphatic carbocycles. The molecule has 0 unspecified atom stereocenters. The molecule has 3 aromatic rings. The van der Waals surface area contributed by atoms with E-state index in [0.29, 0.717) is 5.56 Å². The van der Waals surface area contributed by atoms with Crippen molar-refractivity contribution in [2.45, 2.75) is 6.18 Å². The van der Waals surface area contributed by atoms with Gasteiger partial charge in [-0.3, -0.25) is 14.3 Å². The number of aromatic amines is 1. The number of hydrogen-bond acceptors (Lipinski definition) is 5. The van der Waals surface area contributed by atoms with E-state index in [1.165, 1.54) is 18.6 Å². The minimum Gasteiger partial charge on any atom is -0.464 e. The van der Waals surface area contributed by atoms with E-state index in [1.54, 1.807) is 0 Å². The van der Waals surface area contributed by atoms with Gasteiger partial charge in [0.05, 0.1) is 18.9 Å². The summed E-state index contributed by atoms with van der Waals surface area (Å²) < 4.78 is 45.5. The third kappa shape index (κ3) is 2.41. The van der Waals surface area contributed by atoms with E-state index in [4.69, 9.17) is 0 Å². The quantitative estimate of drug-likeness (QED) is 0.585. The van der Waals surface area contributed by atoms with Gasteiger partial charge in [-0.2, -0.15) is 18.3 Å². The zero-order chi connectivity index (χ0) is 17.5. The number of ether oxygens (including phenoxy) is 1. The van der Waals surface area contributed by atoms with E-state index in [1.807, 2.05) is 0 Å². The highest BCUT2D eigenvalue weighted by Gasteiger charge is 2.36. The summed E-state index contributed by atoms with van der Waals surface area (Å²) in [5, 5.41) is 6.18. The Hall–Kier alpha value is -3.17. The van der Waals surface area contributed by atoms with Crippen LogP contribution in [0.2, 0.25) is 0 Å². The molecular formula is C14H9F3N4O3. The van der Waals surface area contributed by atoms with Crippen LogP contribution in [0.5, 0.6) is 0 Å². The number of alkyl halides is 3. The molecule has 24 heavy (non-hydrogen) atoms. The maximum Gasteiger partial charge on any atom is 0.420 e. The van der Waals surface area contributed by atoms with E-state index in [0.717, 1.165) is 17.6 Å². The van der Waals surface area contributed by atoms with Crippen molar-refractivity contribution in [1.82, 2.24) is 19.6 Å². The fourth-order valence-corrected chi connectivity index (χ4v) is 2.30. The van der Waals surface area contributed by atoms with Crippen molar-refractivity contribution in [3.63, 3.8) is 0 Å². The number of aromatic nitrogens is 4. The number of methoxy groups -OCH3 is 1. The van der Waals surface area contributed by atoms with Gasteiger partial charge in [-0.25, -0.2) is 9.78 Å². The third-order valence-electron chi connectivity index (χ3n) is 3.38. The molecule has 3 rings (SSSR count). The minimum absolute atomic E-state index is 0.153. The van der Waals surface area contributed by atoms with E-state index < -0.39 is 29.1 Å². The van der Waals surface area contributed by atoms with Gasteiger partial charge < -0.3 is 4.74 Å². The van der Waals surface area contributed by atoms with Gasteiger partial charge in [-0.15, -0.1) is 0 Å². The molecule has 0 bridgehead atoms. The molecule has 124 valence electrons. The van der Waals surface area contributed by atoms with Gasteiger partial charge in [0, 0.05) is 23.5 Å². The molecule has 3 heterocycles. The molecule has 3 aromatic heterocycles. The highest BCUT2D eigenvalue weighted by molar-refractivity contribution is 5.97. The summed E-state index contributed by atoms with van der Waals surface area (Å²) in [4.78, 5) is 26.7. The van der Waals surface area contributed by atoms with Crippen LogP contribution in [0.4, 0.5) is 13.2 Å². The Bertz CT molecular complexity index is 929. The van der Waals surface area contributed by atoms with Crippen molar-refractivity contribution >= 4 is 17.9 Å². The summed E-state index contributed by atoms with van der Waals surface area (Å²) in [7, 11) is 1.04. The Labute approximate surface area is 132 Å². The van der Waals surface area contributed by atoms with Crippen LogP contribution < -0.4 is 0 Å². The Morgan fingerprint density at radius 1 is 1.38 bits per heavy atom. The Balaban J connectivity index is 2.40. The number of nitrogens with zero attached hydrogens (tertiary/aromatic N) is 3. The highest BCUT2D eigenvalue weighted by Crippen LogP contribution is 2.35. The summed E-state index contributed by atoms with van der Waals surface area (Å²) >= 11 is 0. The predicted molar refractivity (Wildman–Crippen MR) is 74.5 cm³/mol. The summed E-state index contributed by atoms with van der Waals surface area (Å²) in [5.74, 6) is -1.00. The van der Waals surface area contributed by atoms with Crippen molar-refractivity contribution in [3.05, 3.63) is 41.6 Å². The fraction of sp³-hybridized carbons (Fsp3) is 0.143. The molecule has 0 saturated heterocycles. The molecule has 0 fully saturated rings. The van der Waals surface area contributed by atoms with Gasteiger partial charge in [-0.1, -0.05) is 0 Å². The summed E-state index contributed by atoms with van der Waals surface area (Å²) in [5.41, 5.74) is -1.92.